The van der Waals surface area contributed by atoms with Crippen molar-refractivity contribution in [2.24, 2.45) is 45.1 Å². The molecule has 1 rings (SSSR count). The van der Waals surface area contributed by atoms with Crippen molar-refractivity contribution in [1.82, 2.24) is 37.2 Å². The fourth-order valence-electron chi connectivity index (χ4n) is 6.76. The van der Waals surface area contributed by atoms with Gasteiger partial charge in [0.25, 0.3) is 0 Å². The number of nitrogens with zero attached hydrogens (tertiary/aromatic N) is 1. The quantitative estimate of drug-likeness (QED) is 0.0161. The summed E-state index contributed by atoms with van der Waals surface area (Å²) in [5.41, 5.74) is 39.0. The summed E-state index contributed by atoms with van der Waals surface area (Å²) >= 11 is 0. The zero-order valence-corrected chi connectivity index (χ0v) is 36.5. The Morgan fingerprint density at radius 1 is 0.524 bits per heavy atom. The number of carbonyl (C=O) groups is 8. The number of primary amides is 1. The Balaban J connectivity index is 3.40. The van der Waals surface area contributed by atoms with Gasteiger partial charge in [0, 0.05) is 6.54 Å². The molecule has 1 aliphatic rings. The molecule has 0 aromatic carbocycles. The van der Waals surface area contributed by atoms with E-state index in [-0.39, 0.29) is 64.1 Å². The predicted molar refractivity (Wildman–Crippen MR) is 236 cm³/mol. The number of rotatable bonds is 35. The first-order chi connectivity index (χ1) is 30.1. The summed E-state index contributed by atoms with van der Waals surface area (Å²) < 4.78 is 0. The van der Waals surface area contributed by atoms with E-state index in [2.05, 4.69) is 42.2 Å². The fourth-order valence-corrected chi connectivity index (χ4v) is 6.76. The minimum Gasteiger partial charge on any atom is -0.480 e. The third-order valence-corrected chi connectivity index (χ3v) is 10.3. The van der Waals surface area contributed by atoms with E-state index in [1.165, 1.54) is 0 Å². The van der Waals surface area contributed by atoms with Gasteiger partial charge in [0.2, 0.25) is 41.4 Å². The number of carboxylic acids is 1. The van der Waals surface area contributed by atoms with Crippen molar-refractivity contribution in [3.63, 3.8) is 0 Å². The minimum absolute atomic E-state index is 0.00342. The highest BCUT2D eigenvalue weighted by Crippen LogP contribution is 2.11. The van der Waals surface area contributed by atoms with Crippen molar-refractivity contribution >= 4 is 53.3 Å². The van der Waals surface area contributed by atoms with E-state index in [0.717, 1.165) is 6.42 Å². The Bertz CT molecular complexity index is 1480. The molecule has 0 bridgehead atoms. The SMILES string of the molecule is NCCCC[C@H](NC(=O)[C@H](CCCN=C(N)N)NC(=O)[C@H](CCCCN)NC(=O)[C@H](CCCCN)NC(=O)[C@H](CCCCN)NC(=O)[C@H](CC(N)=O)NC(=O)[C@@H]1CCCN1)C(=O)O. The van der Waals surface area contributed by atoms with Gasteiger partial charge in [-0.25, -0.2) is 4.79 Å². The summed E-state index contributed by atoms with van der Waals surface area (Å²) in [5.74, 6) is -6.68. The van der Waals surface area contributed by atoms with Crippen LogP contribution in [0.5, 0.6) is 0 Å². The lowest BCUT2D eigenvalue weighted by Gasteiger charge is -2.28. The van der Waals surface area contributed by atoms with E-state index in [4.69, 9.17) is 40.1 Å². The van der Waals surface area contributed by atoms with E-state index in [0.29, 0.717) is 77.4 Å². The normalized spacial score (nSPS) is 16.2. The van der Waals surface area contributed by atoms with Gasteiger partial charge in [-0.2, -0.15) is 0 Å². The molecule has 0 aromatic heterocycles. The first-order valence-corrected chi connectivity index (χ1v) is 22.0. The molecular formula is C39H75N15O9. The van der Waals surface area contributed by atoms with Crippen LogP contribution in [-0.2, 0) is 38.4 Å². The summed E-state index contributed by atoms with van der Waals surface area (Å²) in [5, 5.41) is 28.5. The molecule has 360 valence electrons. The Kier molecular flexibility index (Phi) is 28.8. The lowest BCUT2D eigenvalue weighted by molar-refractivity contribution is -0.142. The monoisotopic (exact) mass is 898 g/mol. The summed E-state index contributed by atoms with van der Waals surface area (Å²) in [6, 6.07) is -8.18. The van der Waals surface area contributed by atoms with Gasteiger partial charge in [0.05, 0.1) is 12.5 Å². The molecule has 24 heteroatoms. The second-order valence-corrected chi connectivity index (χ2v) is 15.6. The van der Waals surface area contributed by atoms with Crippen molar-refractivity contribution in [2.45, 2.75) is 151 Å². The summed E-state index contributed by atoms with van der Waals surface area (Å²) in [4.78, 5) is 110. The number of aliphatic imine (C=N–C) groups is 1. The predicted octanol–water partition coefficient (Wildman–Crippen LogP) is -4.82. The van der Waals surface area contributed by atoms with Gasteiger partial charge in [-0.3, -0.25) is 38.6 Å². The number of hydrogen-bond donors (Lipinski definition) is 15. The molecule has 7 amide bonds. The first kappa shape index (κ1) is 55.8. The minimum atomic E-state index is -1.39. The topological polar surface area (TPSA) is 435 Å². The van der Waals surface area contributed by atoms with Crippen LogP contribution in [0.25, 0.3) is 0 Å². The van der Waals surface area contributed by atoms with Crippen molar-refractivity contribution in [3.8, 4) is 0 Å². The van der Waals surface area contributed by atoms with Gasteiger partial charge >= 0.3 is 5.97 Å². The second-order valence-electron chi connectivity index (χ2n) is 15.6. The van der Waals surface area contributed by atoms with Crippen molar-refractivity contribution in [2.75, 3.05) is 39.3 Å². The van der Waals surface area contributed by atoms with Crippen LogP contribution in [0.3, 0.4) is 0 Å². The molecular weight excluding hydrogens is 823 g/mol. The van der Waals surface area contributed by atoms with Gasteiger partial charge in [-0.1, -0.05) is 0 Å². The number of carboxylic acid groups (broad SMARTS) is 1. The summed E-state index contributed by atoms with van der Waals surface area (Å²) in [7, 11) is 0. The zero-order valence-electron chi connectivity index (χ0n) is 36.5. The summed E-state index contributed by atoms with van der Waals surface area (Å²) in [6.07, 6.45) is 4.92. The van der Waals surface area contributed by atoms with Crippen molar-refractivity contribution < 1.29 is 43.5 Å². The van der Waals surface area contributed by atoms with Crippen LogP contribution < -0.4 is 77.4 Å². The van der Waals surface area contributed by atoms with Gasteiger partial charge in [0.1, 0.15) is 36.3 Å². The highest BCUT2D eigenvalue weighted by atomic mass is 16.4. The van der Waals surface area contributed by atoms with Crippen LogP contribution in [0.4, 0.5) is 0 Å². The van der Waals surface area contributed by atoms with E-state index >= 15 is 0 Å². The lowest BCUT2D eigenvalue weighted by Crippen LogP contribution is -2.60. The lowest BCUT2D eigenvalue weighted by atomic mass is 10.0. The largest absolute Gasteiger partial charge is 0.480 e. The average molecular weight is 898 g/mol. The molecule has 0 aromatic rings. The van der Waals surface area contributed by atoms with E-state index in [1.807, 2.05) is 0 Å². The van der Waals surface area contributed by atoms with E-state index in [1.54, 1.807) is 0 Å². The number of carbonyl (C=O) groups excluding carboxylic acids is 7. The number of aliphatic carboxylic acids is 1. The number of hydrogen-bond acceptors (Lipinski definition) is 14. The molecule has 63 heavy (non-hydrogen) atoms. The molecule has 0 aliphatic carbocycles. The molecule has 0 unspecified atom stereocenters. The first-order valence-electron chi connectivity index (χ1n) is 22.0. The van der Waals surface area contributed by atoms with Gasteiger partial charge < -0.3 is 82.5 Å². The molecule has 1 fully saturated rings. The molecule has 1 aliphatic heterocycles. The van der Waals surface area contributed by atoms with Crippen molar-refractivity contribution in [1.29, 1.82) is 0 Å². The molecule has 22 N–H and O–H groups in total. The standard InChI is InChI=1S/C39H75N15O9/c40-17-5-1-11-25(50-35(59)27(13-3-7-19-42)52-37(61)30(23-31(44)55)54-32(56)24-15-9-21-47-24)33(57)49-26(12-2-6-18-41)34(58)51-28(16-10-22-48-39(45)46)36(60)53-29(38(62)63)14-4-8-20-43/h24-30,47H,1-23,40-43H2,(H2,44,55)(H,49,57)(H,50,59)(H,51,58)(H,52,61)(H,53,60)(H,54,56)(H,62,63)(H4,45,46,48)/t24-,25-,26-,27-,28-,29-,30-/m0/s1. The average Bonchev–Trinajstić information content (AvgIpc) is 3.78. The van der Waals surface area contributed by atoms with Gasteiger partial charge in [0.15, 0.2) is 5.96 Å². The number of nitrogens with two attached hydrogens (primary N) is 7. The van der Waals surface area contributed by atoms with Crippen LogP contribution >= 0.6 is 0 Å². The van der Waals surface area contributed by atoms with Crippen LogP contribution in [0.2, 0.25) is 0 Å². The van der Waals surface area contributed by atoms with Crippen molar-refractivity contribution in [3.05, 3.63) is 0 Å². The Morgan fingerprint density at radius 2 is 0.889 bits per heavy atom. The smallest absolute Gasteiger partial charge is 0.326 e. The van der Waals surface area contributed by atoms with Crippen LogP contribution in [-0.4, -0.2) is 140 Å². The maximum absolute atomic E-state index is 14.1. The molecule has 1 saturated heterocycles. The number of unbranched alkanes of at least 4 members (excludes halogenated alkanes) is 4. The zero-order chi connectivity index (χ0) is 47.2. The number of nitrogens with one attached hydrogen (secondary N) is 7. The molecule has 0 saturated carbocycles. The Morgan fingerprint density at radius 3 is 1.22 bits per heavy atom. The molecule has 7 atom stereocenters. The van der Waals surface area contributed by atoms with E-state index in [9.17, 15) is 43.5 Å². The maximum atomic E-state index is 14.1. The maximum Gasteiger partial charge on any atom is 0.326 e. The Hall–Kier alpha value is -5.17. The molecule has 24 nitrogen and oxygen atoms in total. The van der Waals surface area contributed by atoms with Gasteiger partial charge in [-0.05, 0) is 135 Å². The number of guanidine groups is 1. The molecule has 1 heterocycles. The van der Waals surface area contributed by atoms with E-state index < -0.39 is 96.0 Å². The van der Waals surface area contributed by atoms with Gasteiger partial charge in [-0.15, -0.1) is 0 Å². The summed E-state index contributed by atoms with van der Waals surface area (Å²) in [6.45, 7) is 1.92. The molecule has 0 radical (unpaired) electrons. The van der Waals surface area contributed by atoms with Crippen LogP contribution in [0, 0.1) is 0 Å². The molecule has 0 spiro atoms. The third-order valence-electron chi connectivity index (χ3n) is 10.3. The highest BCUT2D eigenvalue weighted by Gasteiger charge is 2.34. The third kappa shape index (κ3) is 23.7. The Labute approximate surface area is 369 Å². The number of amides is 7. The van der Waals surface area contributed by atoms with Crippen LogP contribution in [0.15, 0.2) is 4.99 Å². The fraction of sp³-hybridized carbons (Fsp3) is 0.769. The van der Waals surface area contributed by atoms with Crippen LogP contribution in [0.1, 0.15) is 109 Å². The second kappa shape index (κ2) is 32.5. The highest BCUT2D eigenvalue weighted by molar-refractivity contribution is 5.98.